The highest BCUT2D eigenvalue weighted by Crippen LogP contribution is 2.34. The van der Waals surface area contributed by atoms with E-state index in [9.17, 15) is 14.4 Å². The first-order chi connectivity index (χ1) is 17.0. The summed E-state index contributed by atoms with van der Waals surface area (Å²) in [5.74, 6) is 0.432. The van der Waals surface area contributed by atoms with Gasteiger partial charge >= 0.3 is 12.0 Å². The van der Waals surface area contributed by atoms with Crippen molar-refractivity contribution in [3.63, 3.8) is 0 Å². The van der Waals surface area contributed by atoms with Crippen molar-refractivity contribution in [1.29, 1.82) is 0 Å². The molecule has 184 valence electrons. The molecule has 1 aromatic carbocycles. The lowest BCUT2D eigenvalue weighted by Crippen LogP contribution is -2.44. The van der Waals surface area contributed by atoms with Crippen LogP contribution in [-0.2, 0) is 27.4 Å². The maximum Gasteiger partial charge on any atom is 0.315 e. The average Bonchev–Trinajstić information content (AvgIpc) is 3.64. The number of hydrogen-bond acceptors (Lipinski definition) is 8. The number of thiophene rings is 2. The van der Waals surface area contributed by atoms with Gasteiger partial charge in [0.1, 0.15) is 0 Å². The summed E-state index contributed by atoms with van der Waals surface area (Å²) in [7, 11) is 1.29. The summed E-state index contributed by atoms with van der Waals surface area (Å²) in [4.78, 5) is 41.5. The van der Waals surface area contributed by atoms with E-state index in [2.05, 4.69) is 10.6 Å². The molecule has 3 amide bonds. The number of methoxy groups -OCH3 is 1. The molecule has 3 heterocycles. The number of fused-ring (bicyclic) bond motifs is 1. The Balaban J connectivity index is 1.38. The van der Waals surface area contributed by atoms with Gasteiger partial charge in [0, 0.05) is 9.75 Å². The summed E-state index contributed by atoms with van der Waals surface area (Å²) in [6.45, 7) is 0.846. The van der Waals surface area contributed by atoms with E-state index in [4.69, 9.17) is 14.2 Å². The van der Waals surface area contributed by atoms with E-state index >= 15 is 0 Å². The molecule has 0 bridgehead atoms. The molecule has 0 spiro atoms. The lowest BCUT2D eigenvalue weighted by Gasteiger charge is -2.23. The third-order valence-electron chi connectivity index (χ3n) is 5.31. The van der Waals surface area contributed by atoms with E-state index in [0.29, 0.717) is 30.2 Å². The first-order valence-electron chi connectivity index (χ1n) is 10.8. The van der Waals surface area contributed by atoms with Crippen LogP contribution >= 0.6 is 22.7 Å². The molecule has 0 saturated carbocycles. The zero-order chi connectivity index (χ0) is 24.6. The Morgan fingerprint density at radius 3 is 2.34 bits per heavy atom. The Morgan fingerprint density at radius 1 is 1.03 bits per heavy atom. The van der Waals surface area contributed by atoms with Crippen LogP contribution in [0.1, 0.15) is 27.8 Å². The fourth-order valence-corrected chi connectivity index (χ4v) is 4.96. The molecule has 0 aliphatic carbocycles. The summed E-state index contributed by atoms with van der Waals surface area (Å²) in [5, 5.41) is 9.31. The number of nitrogens with one attached hydrogen (secondary N) is 2. The predicted molar refractivity (Wildman–Crippen MR) is 131 cm³/mol. The third kappa shape index (κ3) is 6.74. The second-order valence-electron chi connectivity index (χ2n) is 7.68. The van der Waals surface area contributed by atoms with Crippen LogP contribution in [0.15, 0.2) is 53.2 Å². The lowest BCUT2D eigenvalue weighted by molar-refractivity contribution is -0.141. The molecule has 35 heavy (non-hydrogen) atoms. The molecular weight excluding hydrogens is 490 g/mol. The number of urea groups is 1. The molecule has 0 unspecified atom stereocenters. The molecule has 1 aliphatic heterocycles. The van der Waals surface area contributed by atoms with Crippen molar-refractivity contribution < 1.29 is 28.6 Å². The highest BCUT2D eigenvalue weighted by atomic mass is 32.1. The number of esters is 1. The SMILES string of the molecule is COC(=O)C[C@H](NC(=O)NCC(=O)N(Cc1cccs1)Cc1cccs1)c1ccc2c(c1)OCO2. The predicted octanol–water partition coefficient (Wildman–Crippen LogP) is 3.67. The summed E-state index contributed by atoms with van der Waals surface area (Å²) >= 11 is 3.15. The van der Waals surface area contributed by atoms with Crippen molar-refractivity contribution >= 4 is 40.6 Å². The van der Waals surface area contributed by atoms with E-state index in [-0.39, 0.29) is 25.7 Å². The van der Waals surface area contributed by atoms with Crippen LogP contribution < -0.4 is 20.1 Å². The molecule has 1 aliphatic rings. The van der Waals surface area contributed by atoms with Crippen LogP contribution in [-0.4, -0.2) is 43.3 Å². The minimum atomic E-state index is -0.680. The van der Waals surface area contributed by atoms with Crippen molar-refractivity contribution in [2.75, 3.05) is 20.4 Å². The number of amides is 3. The number of carbonyl (C=O) groups is 3. The smallest absolute Gasteiger partial charge is 0.315 e. The summed E-state index contributed by atoms with van der Waals surface area (Å²) in [6.07, 6.45) is -0.0829. The molecule has 0 saturated heterocycles. The highest BCUT2D eigenvalue weighted by Gasteiger charge is 2.23. The fourth-order valence-electron chi connectivity index (χ4n) is 3.52. The summed E-state index contributed by atoms with van der Waals surface area (Å²) in [6, 6.07) is 11.8. The zero-order valence-electron chi connectivity index (χ0n) is 19.0. The normalized spacial score (nSPS) is 12.6. The minimum Gasteiger partial charge on any atom is -0.469 e. The molecule has 3 aromatic rings. The van der Waals surface area contributed by atoms with Crippen molar-refractivity contribution in [2.45, 2.75) is 25.6 Å². The monoisotopic (exact) mass is 515 g/mol. The average molecular weight is 516 g/mol. The number of rotatable bonds is 10. The third-order valence-corrected chi connectivity index (χ3v) is 7.03. The first kappa shape index (κ1) is 24.6. The van der Waals surface area contributed by atoms with Gasteiger partial charge < -0.3 is 29.7 Å². The highest BCUT2D eigenvalue weighted by molar-refractivity contribution is 7.10. The summed E-state index contributed by atoms with van der Waals surface area (Å²) in [5.41, 5.74) is 0.651. The summed E-state index contributed by atoms with van der Waals surface area (Å²) < 4.78 is 15.5. The molecule has 9 nitrogen and oxygen atoms in total. The Morgan fingerprint density at radius 2 is 1.71 bits per heavy atom. The van der Waals surface area contributed by atoms with Gasteiger partial charge in [-0.15, -0.1) is 22.7 Å². The topological polar surface area (TPSA) is 106 Å². The Labute approximate surface area is 210 Å². The number of hydrogen-bond donors (Lipinski definition) is 2. The zero-order valence-corrected chi connectivity index (χ0v) is 20.7. The van der Waals surface area contributed by atoms with Gasteiger partial charge in [-0.2, -0.15) is 0 Å². The van der Waals surface area contributed by atoms with Gasteiger partial charge in [0.05, 0.1) is 39.2 Å². The van der Waals surface area contributed by atoms with E-state index in [0.717, 1.165) is 9.75 Å². The van der Waals surface area contributed by atoms with Gasteiger partial charge in [-0.25, -0.2) is 4.79 Å². The van der Waals surface area contributed by atoms with Crippen LogP contribution in [0.2, 0.25) is 0 Å². The maximum absolute atomic E-state index is 13.0. The van der Waals surface area contributed by atoms with Gasteiger partial charge in [0.15, 0.2) is 11.5 Å². The van der Waals surface area contributed by atoms with E-state index in [1.165, 1.54) is 7.11 Å². The molecule has 11 heteroatoms. The molecule has 0 fully saturated rings. The van der Waals surface area contributed by atoms with Crippen LogP contribution in [0.25, 0.3) is 0 Å². The quantitative estimate of drug-likeness (QED) is 0.399. The maximum atomic E-state index is 13.0. The molecule has 1 atom stereocenters. The molecule has 2 N–H and O–H groups in total. The fraction of sp³-hybridized carbons (Fsp3) is 0.292. The number of ether oxygens (including phenoxy) is 3. The van der Waals surface area contributed by atoms with Crippen molar-refractivity contribution in [2.24, 2.45) is 0 Å². The molecule has 4 rings (SSSR count). The molecular formula is C24H25N3O6S2. The Hall–Kier alpha value is -3.57. The number of carbonyl (C=O) groups excluding carboxylic acids is 3. The largest absolute Gasteiger partial charge is 0.469 e. The van der Waals surface area contributed by atoms with Crippen LogP contribution in [0.4, 0.5) is 4.79 Å². The van der Waals surface area contributed by atoms with Gasteiger partial charge in [-0.1, -0.05) is 18.2 Å². The van der Waals surface area contributed by atoms with E-state index < -0.39 is 18.0 Å². The van der Waals surface area contributed by atoms with Gasteiger partial charge in [0.25, 0.3) is 0 Å². The van der Waals surface area contributed by atoms with Gasteiger partial charge in [0.2, 0.25) is 12.7 Å². The second-order valence-corrected chi connectivity index (χ2v) is 9.75. The second kappa shape index (κ2) is 11.7. The van der Waals surface area contributed by atoms with E-state index in [1.807, 2.05) is 35.0 Å². The Kier molecular flexibility index (Phi) is 8.22. The lowest BCUT2D eigenvalue weighted by atomic mass is 10.0. The van der Waals surface area contributed by atoms with E-state index in [1.54, 1.807) is 45.8 Å². The minimum absolute atomic E-state index is 0.0829. The van der Waals surface area contributed by atoms with Gasteiger partial charge in [-0.05, 0) is 40.6 Å². The van der Waals surface area contributed by atoms with Crippen LogP contribution in [0.5, 0.6) is 11.5 Å². The van der Waals surface area contributed by atoms with Crippen molar-refractivity contribution in [3.8, 4) is 11.5 Å². The van der Waals surface area contributed by atoms with Crippen LogP contribution in [0, 0.1) is 0 Å². The standard InChI is InChI=1S/C24H25N3O6S2/c1-31-23(29)11-19(16-6-7-20-21(10-16)33-15-32-20)26-24(30)25-12-22(28)27(13-17-4-2-8-34-17)14-18-5-3-9-35-18/h2-10,19H,11-15H2,1H3,(H2,25,26,30)/t19-/m0/s1. The van der Waals surface area contributed by atoms with Crippen molar-refractivity contribution in [1.82, 2.24) is 15.5 Å². The van der Waals surface area contributed by atoms with Gasteiger partial charge in [-0.3, -0.25) is 9.59 Å². The Bertz CT molecular complexity index is 1110. The first-order valence-corrected chi connectivity index (χ1v) is 12.6. The molecule has 0 radical (unpaired) electrons. The molecule has 2 aromatic heterocycles. The van der Waals surface area contributed by atoms with Crippen molar-refractivity contribution in [3.05, 3.63) is 68.5 Å². The number of nitrogens with zero attached hydrogens (tertiary/aromatic N) is 1. The van der Waals surface area contributed by atoms with Crippen LogP contribution in [0.3, 0.4) is 0 Å². The number of benzene rings is 1.